The van der Waals surface area contributed by atoms with E-state index in [4.69, 9.17) is 4.98 Å². The first-order valence-electron chi connectivity index (χ1n) is 13.3. The second-order valence-corrected chi connectivity index (χ2v) is 24.2. The Kier molecular flexibility index (Phi) is 7.47. The average Bonchev–Trinajstić information content (AvgIpc) is 3.54. The molecule has 0 bridgehead atoms. The number of nitrogens with one attached hydrogen (secondary N) is 1. The number of aromatic amines is 1. The predicted octanol–water partition coefficient (Wildman–Crippen LogP) is 4.92. The summed E-state index contributed by atoms with van der Waals surface area (Å²) in [5, 5.41) is 15.6. The summed E-state index contributed by atoms with van der Waals surface area (Å²) in [5.41, 5.74) is 6.77. The van der Waals surface area contributed by atoms with Gasteiger partial charge in [-0.05, 0) is 6.42 Å². The molecule has 5 rings (SSSR count). The van der Waals surface area contributed by atoms with E-state index in [1.54, 1.807) is 4.52 Å². The number of hydrogen-bond donors (Lipinski definition) is 1. The standard InChI is InChI=1S/C25H26N8O.3CH3.Sn/c1-3-7-21-20(24-27-25(34)30-33(24)22(26-21)8-4-2)15-16-11-13-17(14-12-16)18-9-5-6-10-19(18)23-28-31-32-29-23;;;;/h5-6,9-14H,3-4,7-8,15H2,1-2H3,(H2,28,29,30,31,32,34);3*1H3;/q;;;;+1/p-1. The van der Waals surface area contributed by atoms with Crippen molar-refractivity contribution in [2.45, 2.75) is 60.8 Å². The molecule has 0 unspecified atom stereocenters. The zero-order valence-corrected chi connectivity index (χ0v) is 25.5. The topological polar surface area (TPSA) is 107 Å². The minimum absolute atomic E-state index is 0.340. The molecule has 9 nitrogen and oxygen atoms in total. The maximum absolute atomic E-state index is 12.2. The average molecular weight is 617 g/mol. The van der Waals surface area contributed by atoms with E-state index in [2.05, 4.69) is 93.6 Å². The fourth-order valence-electron chi connectivity index (χ4n) is 4.87. The molecule has 0 aliphatic rings. The molecule has 10 heteroatoms. The minimum atomic E-state index is -2.57. The molecule has 0 amide bonds. The maximum atomic E-state index is 12.2. The van der Waals surface area contributed by atoms with Gasteiger partial charge in [-0.25, -0.2) is 9.89 Å². The van der Waals surface area contributed by atoms with Gasteiger partial charge >= 0.3 is 178 Å². The van der Waals surface area contributed by atoms with Crippen LogP contribution in [0.3, 0.4) is 0 Å². The van der Waals surface area contributed by atoms with Gasteiger partial charge in [0.15, 0.2) is 0 Å². The van der Waals surface area contributed by atoms with Crippen molar-refractivity contribution in [2.75, 3.05) is 0 Å². The number of H-pyrrole nitrogens is 1. The molecule has 2 aromatic carbocycles. The number of hydrogen-bond acceptors (Lipinski definition) is 6. The van der Waals surface area contributed by atoms with Crippen LogP contribution in [-0.2, 0) is 19.3 Å². The summed E-state index contributed by atoms with van der Waals surface area (Å²) < 4.78 is 3.85. The Balaban J connectivity index is 1.52. The van der Waals surface area contributed by atoms with Gasteiger partial charge in [-0.1, -0.05) is 20.3 Å². The number of benzene rings is 2. The first-order valence-corrected chi connectivity index (χ1v) is 23.1. The van der Waals surface area contributed by atoms with E-state index in [-0.39, 0.29) is 5.69 Å². The summed E-state index contributed by atoms with van der Waals surface area (Å²) in [5.74, 6) is 1.69. The van der Waals surface area contributed by atoms with Gasteiger partial charge in [0.2, 0.25) is 0 Å². The van der Waals surface area contributed by atoms with Crippen LogP contribution in [0.15, 0.2) is 53.3 Å². The zero-order valence-electron chi connectivity index (χ0n) is 22.7. The summed E-state index contributed by atoms with van der Waals surface area (Å²) in [6, 6.07) is 16.9. The second kappa shape index (κ2) is 10.8. The summed E-state index contributed by atoms with van der Waals surface area (Å²) in [6.07, 6.45) is 4.21. The third-order valence-corrected chi connectivity index (χ3v) is 11.1. The zero-order chi connectivity index (χ0) is 26.9. The molecule has 5 aromatic rings. The van der Waals surface area contributed by atoms with Crippen molar-refractivity contribution in [3.8, 4) is 22.5 Å². The molecule has 0 aliphatic heterocycles. The van der Waals surface area contributed by atoms with E-state index < -0.39 is 18.7 Å². The molecule has 0 fully saturated rings. The molecule has 0 spiro atoms. The Labute approximate surface area is 226 Å². The first kappa shape index (κ1) is 26.3. The molecule has 0 atom stereocenters. The van der Waals surface area contributed by atoms with E-state index in [0.29, 0.717) is 12.1 Å². The Morgan fingerprint density at radius 3 is 2.29 bits per heavy atom. The monoisotopic (exact) mass is 618 g/mol. The van der Waals surface area contributed by atoms with E-state index in [9.17, 15) is 4.79 Å². The number of rotatable bonds is 9. The van der Waals surface area contributed by atoms with Gasteiger partial charge in [0.1, 0.15) is 5.82 Å². The molecule has 1 N–H and O–H groups in total. The molecule has 0 saturated carbocycles. The third-order valence-electron chi connectivity index (χ3n) is 6.65. The van der Waals surface area contributed by atoms with E-state index in [1.807, 2.05) is 12.1 Å². The van der Waals surface area contributed by atoms with Crippen molar-refractivity contribution in [1.29, 1.82) is 0 Å². The number of tetrazole rings is 1. The van der Waals surface area contributed by atoms with Crippen LogP contribution in [0.1, 0.15) is 49.3 Å². The molecular weight excluding hydrogens is 583 g/mol. The fraction of sp³-hybridized carbons (Fsp3) is 0.357. The summed E-state index contributed by atoms with van der Waals surface area (Å²) >= 11 is -2.57. The predicted molar refractivity (Wildman–Crippen MR) is 152 cm³/mol. The Bertz CT molecular complexity index is 1630. The summed E-state index contributed by atoms with van der Waals surface area (Å²) in [6.45, 7) is 4.26. The molecule has 0 saturated heterocycles. The molecule has 3 heterocycles. The van der Waals surface area contributed by atoms with Gasteiger partial charge in [0.25, 0.3) is 0 Å². The van der Waals surface area contributed by atoms with Crippen molar-refractivity contribution >= 4 is 24.3 Å². The quantitative estimate of drug-likeness (QED) is 0.236. The van der Waals surface area contributed by atoms with Crippen LogP contribution < -0.4 is 5.69 Å². The molecule has 0 radical (unpaired) electrons. The van der Waals surface area contributed by atoms with Gasteiger partial charge in [-0.2, -0.15) is 0 Å². The fourth-order valence-corrected chi connectivity index (χ4v) is 8.04. The Hall–Kier alpha value is -3.34. The number of nitrogens with zero attached hydrogens (tertiary/aromatic N) is 7. The molecule has 0 aliphatic carbocycles. The number of aromatic nitrogens is 8. The van der Waals surface area contributed by atoms with Gasteiger partial charge in [-0.3, -0.25) is 0 Å². The molecule has 3 aromatic heterocycles. The van der Waals surface area contributed by atoms with Crippen molar-refractivity contribution in [2.24, 2.45) is 0 Å². The second-order valence-electron chi connectivity index (χ2n) is 10.6. The van der Waals surface area contributed by atoms with E-state index >= 15 is 0 Å². The van der Waals surface area contributed by atoms with Crippen LogP contribution in [0, 0.1) is 0 Å². The van der Waals surface area contributed by atoms with Gasteiger partial charge in [-0.15, -0.1) is 0 Å². The summed E-state index contributed by atoms with van der Waals surface area (Å²) in [4.78, 5) is 28.4. The van der Waals surface area contributed by atoms with Gasteiger partial charge < -0.3 is 0 Å². The number of fused-ring (bicyclic) bond motifs is 1. The van der Waals surface area contributed by atoms with Crippen molar-refractivity contribution in [3.05, 3.63) is 81.7 Å². The van der Waals surface area contributed by atoms with Crippen molar-refractivity contribution in [1.82, 2.24) is 38.0 Å². The van der Waals surface area contributed by atoms with E-state index in [1.165, 1.54) is 0 Å². The molecule has 196 valence electrons. The van der Waals surface area contributed by atoms with Crippen molar-refractivity contribution in [3.63, 3.8) is 0 Å². The third kappa shape index (κ3) is 5.16. The summed E-state index contributed by atoms with van der Waals surface area (Å²) in [7, 11) is 0. The Morgan fingerprint density at radius 1 is 0.895 bits per heavy atom. The van der Waals surface area contributed by atoms with E-state index in [0.717, 1.165) is 70.8 Å². The van der Waals surface area contributed by atoms with Crippen LogP contribution in [0.5, 0.6) is 0 Å². The van der Waals surface area contributed by atoms with Crippen LogP contribution in [0.4, 0.5) is 0 Å². The van der Waals surface area contributed by atoms with Crippen LogP contribution >= 0.6 is 0 Å². The normalized spacial score (nSPS) is 11.9. The van der Waals surface area contributed by atoms with Crippen LogP contribution in [0.25, 0.3) is 28.2 Å². The van der Waals surface area contributed by atoms with Gasteiger partial charge in [0, 0.05) is 6.42 Å². The first-order chi connectivity index (χ1) is 18.3. The van der Waals surface area contributed by atoms with Crippen molar-refractivity contribution < 1.29 is 0 Å². The van der Waals surface area contributed by atoms with Crippen LogP contribution in [0.2, 0.25) is 14.8 Å². The van der Waals surface area contributed by atoms with Gasteiger partial charge in [0.05, 0.1) is 0 Å². The molecular formula is C28H34N8OSn. The van der Waals surface area contributed by atoms with Crippen LogP contribution in [-0.4, -0.2) is 56.7 Å². The number of aryl methyl sites for hydroxylation is 2. The SMILES string of the molecule is CCCc1nc(CCC)n2[nH]c(=O)nc2c1Cc1ccc(-c2ccccc2-c2nnn[n]2[Sn]([CH3])([CH3])[CH3])cc1. The Morgan fingerprint density at radius 2 is 1.61 bits per heavy atom. The molecule has 38 heavy (non-hydrogen) atoms.